The number of methoxy groups -OCH3 is 1. The van der Waals surface area contributed by atoms with Gasteiger partial charge in [0.05, 0.1) is 35.0 Å². The van der Waals surface area contributed by atoms with Crippen molar-refractivity contribution in [2.45, 2.75) is 45.3 Å². The van der Waals surface area contributed by atoms with Gasteiger partial charge in [-0.2, -0.15) is 0 Å². The third-order valence-corrected chi connectivity index (χ3v) is 6.49. The summed E-state index contributed by atoms with van der Waals surface area (Å²) in [6.07, 6.45) is 15.1. The SMILES string of the molecule is C#CCOC(=O)C1=C(C(=O)N(Cc2cncc(C(=O)OC)c2)c2cc(OC(C)C#C)c(Cl)cc2Cl)CCCC1. The van der Waals surface area contributed by atoms with Gasteiger partial charge in [0.25, 0.3) is 5.91 Å². The van der Waals surface area contributed by atoms with E-state index < -0.39 is 23.9 Å². The fourth-order valence-electron chi connectivity index (χ4n) is 4.02. The molecule has 1 amide bonds. The van der Waals surface area contributed by atoms with Crippen LogP contribution in [-0.4, -0.2) is 42.7 Å². The number of hydrogen-bond donors (Lipinski definition) is 0. The normalized spacial score (nSPS) is 13.5. The van der Waals surface area contributed by atoms with E-state index in [1.165, 1.54) is 36.5 Å². The van der Waals surface area contributed by atoms with Gasteiger partial charge in [-0.3, -0.25) is 9.78 Å². The van der Waals surface area contributed by atoms with Gasteiger partial charge in [0.1, 0.15) is 5.75 Å². The van der Waals surface area contributed by atoms with E-state index in [9.17, 15) is 14.4 Å². The molecule has 1 atom stereocenters. The first kappa shape index (κ1) is 29.6. The zero-order valence-electron chi connectivity index (χ0n) is 21.5. The van der Waals surface area contributed by atoms with Crippen LogP contribution >= 0.6 is 23.2 Å². The number of pyridine rings is 1. The van der Waals surface area contributed by atoms with E-state index in [2.05, 4.69) is 16.8 Å². The molecule has 1 aliphatic rings. The molecule has 1 aromatic heterocycles. The number of halogens is 2. The molecule has 1 unspecified atom stereocenters. The van der Waals surface area contributed by atoms with Gasteiger partial charge in [-0.1, -0.05) is 35.0 Å². The third kappa shape index (κ3) is 7.32. The first-order valence-corrected chi connectivity index (χ1v) is 12.7. The van der Waals surface area contributed by atoms with E-state index in [4.69, 9.17) is 50.3 Å². The fourth-order valence-corrected chi connectivity index (χ4v) is 4.55. The van der Waals surface area contributed by atoms with Gasteiger partial charge < -0.3 is 19.1 Å². The van der Waals surface area contributed by atoms with Crippen molar-refractivity contribution >= 4 is 46.7 Å². The number of aromatic nitrogens is 1. The molecule has 0 fully saturated rings. The van der Waals surface area contributed by atoms with Crippen LogP contribution in [0.1, 0.15) is 48.5 Å². The minimum Gasteiger partial charge on any atom is -0.476 e. The number of carbonyl (C=O) groups excluding carboxylic acids is 3. The lowest BCUT2D eigenvalue weighted by molar-refractivity contribution is -0.138. The summed E-state index contributed by atoms with van der Waals surface area (Å²) in [6.45, 7) is 1.40. The number of benzene rings is 1. The van der Waals surface area contributed by atoms with E-state index in [0.717, 1.165) is 0 Å². The Labute approximate surface area is 237 Å². The van der Waals surface area contributed by atoms with Gasteiger partial charge in [-0.15, -0.1) is 12.8 Å². The van der Waals surface area contributed by atoms with Gasteiger partial charge in [0.15, 0.2) is 12.7 Å². The number of ether oxygens (including phenoxy) is 3. The van der Waals surface area contributed by atoms with Crippen molar-refractivity contribution in [1.29, 1.82) is 0 Å². The first-order chi connectivity index (χ1) is 18.7. The van der Waals surface area contributed by atoms with Gasteiger partial charge >= 0.3 is 11.9 Å². The number of anilines is 1. The summed E-state index contributed by atoms with van der Waals surface area (Å²) in [7, 11) is 1.26. The van der Waals surface area contributed by atoms with Crippen molar-refractivity contribution in [2.24, 2.45) is 0 Å². The minimum atomic E-state index is -0.639. The van der Waals surface area contributed by atoms with Crippen molar-refractivity contribution in [1.82, 2.24) is 4.98 Å². The predicted octanol–water partition coefficient (Wildman–Crippen LogP) is 5.16. The second-order valence-electron chi connectivity index (χ2n) is 8.57. The molecule has 0 spiro atoms. The molecule has 202 valence electrons. The van der Waals surface area contributed by atoms with Gasteiger partial charge in [-0.25, -0.2) is 9.59 Å². The van der Waals surface area contributed by atoms with Crippen LogP contribution in [0.4, 0.5) is 5.69 Å². The second kappa shape index (κ2) is 13.7. The van der Waals surface area contributed by atoms with Crippen LogP contribution in [0.5, 0.6) is 5.75 Å². The molecule has 2 aromatic rings. The van der Waals surface area contributed by atoms with Crippen molar-refractivity contribution in [2.75, 3.05) is 18.6 Å². The molecule has 3 rings (SSSR count). The zero-order valence-corrected chi connectivity index (χ0v) is 23.0. The number of terminal acetylenes is 2. The van der Waals surface area contributed by atoms with E-state index in [1.807, 2.05) is 0 Å². The van der Waals surface area contributed by atoms with Gasteiger partial charge in [-0.05, 0) is 50.3 Å². The average molecular weight is 569 g/mol. The summed E-state index contributed by atoms with van der Waals surface area (Å²) in [5.74, 6) is 3.22. The van der Waals surface area contributed by atoms with Crippen LogP contribution in [-0.2, 0) is 25.6 Å². The molecule has 39 heavy (non-hydrogen) atoms. The highest BCUT2D eigenvalue weighted by Gasteiger charge is 2.30. The first-order valence-electron chi connectivity index (χ1n) is 12.0. The summed E-state index contributed by atoms with van der Waals surface area (Å²) in [6, 6.07) is 4.50. The topological polar surface area (TPSA) is 95.0 Å². The maximum absolute atomic E-state index is 14.1. The Morgan fingerprint density at radius 1 is 1.05 bits per heavy atom. The number of esters is 2. The van der Waals surface area contributed by atoms with Crippen LogP contribution in [0.15, 0.2) is 41.7 Å². The molecular weight excluding hydrogens is 543 g/mol. The van der Waals surface area contributed by atoms with Crippen molar-refractivity contribution in [3.8, 4) is 30.4 Å². The molecule has 0 bridgehead atoms. The fraction of sp³-hybridized carbons (Fsp3) is 0.310. The van der Waals surface area contributed by atoms with E-state index in [-0.39, 0.29) is 51.3 Å². The Morgan fingerprint density at radius 3 is 2.44 bits per heavy atom. The second-order valence-corrected chi connectivity index (χ2v) is 9.38. The Hall–Kier alpha value is -3.98. The molecule has 8 nitrogen and oxygen atoms in total. The Bertz CT molecular complexity index is 1390. The number of carbonyl (C=O) groups is 3. The maximum atomic E-state index is 14.1. The molecule has 1 aliphatic carbocycles. The predicted molar refractivity (Wildman–Crippen MR) is 147 cm³/mol. The van der Waals surface area contributed by atoms with Gasteiger partial charge in [0.2, 0.25) is 0 Å². The summed E-state index contributed by atoms with van der Waals surface area (Å²) >= 11 is 12.9. The highest BCUT2D eigenvalue weighted by molar-refractivity contribution is 6.37. The van der Waals surface area contributed by atoms with E-state index >= 15 is 0 Å². The molecule has 0 aliphatic heterocycles. The average Bonchev–Trinajstić information content (AvgIpc) is 2.95. The van der Waals surface area contributed by atoms with Crippen molar-refractivity contribution in [3.63, 3.8) is 0 Å². The number of amides is 1. The number of nitrogens with zero attached hydrogens (tertiary/aromatic N) is 2. The lowest BCUT2D eigenvalue weighted by atomic mass is 9.90. The summed E-state index contributed by atoms with van der Waals surface area (Å²) in [4.78, 5) is 44.5. The van der Waals surface area contributed by atoms with Crippen molar-refractivity contribution in [3.05, 3.63) is 62.9 Å². The smallest absolute Gasteiger partial charge is 0.339 e. The zero-order chi connectivity index (χ0) is 28.5. The van der Waals surface area contributed by atoms with E-state index in [1.54, 1.807) is 13.0 Å². The van der Waals surface area contributed by atoms with Crippen LogP contribution in [0.2, 0.25) is 10.0 Å². The highest BCUT2D eigenvalue weighted by atomic mass is 35.5. The quantitative estimate of drug-likeness (QED) is 0.304. The van der Waals surface area contributed by atoms with Gasteiger partial charge in [0, 0.05) is 29.6 Å². The Morgan fingerprint density at radius 2 is 1.77 bits per heavy atom. The minimum absolute atomic E-state index is 0.0572. The summed E-state index contributed by atoms with van der Waals surface area (Å²) in [5, 5.41) is 0.349. The van der Waals surface area contributed by atoms with Crippen LogP contribution in [0.3, 0.4) is 0 Å². The lowest BCUT2D eigenvalue weighted by Crippen LogP contribution is -2.34. The van der Waals surface area contributed by atoms with Crippen LogP contribution < -0.4 is 9.64 Å². The Kier molecular flexibility index (Phi) is 10.4. The highest BCUT2D eigenvalue weighted by Crippen LogP contribution is 2.39. The summed E-state index contributed by atoms with van der Waals surface area (Å²) in [5.41, 5.74) is 1.50. The van der Waals surface area contributed by atoms with Crippen LogP contribution in [0.25, 0.3) is 0 Å². The molecule has 10 heteroatoms. The molecule has 0 saturated heterocycles. The van der Waals surface area contributed by atoms with Crippen LogP contribution in [0, 0.1) is 24.7 Å². The summed E-state index contributed by atoms with van der Waals surface area (Å²) < 4.78 is 15.7. The maximum Gasteiger partial charge on any atom is 0.339 e. The lowest BCUT2D eigenvalue weighted by Gasteiger charge is -2.28. The molecule has 1 aromatic carbocycles. The van der Waals surface area contributed by atoms with Crippen molar-refractivity contribution < 1.29 is 28.6 Å². The number of hydrogen-bond acceptors (Lipinski definition) is 7. The molecule has 0 saturated carbocycles. The molecule has 0 radical (unpaired) electrons. The molecular formula is C29H26Cl2N2O6. The van der Waals surface area contributed by atoms with E-state index in [0.29, 0.717) is 31.2 Å². The molecule has 1 heterocycles. The molecule has 0 N–H and O–H groups in total. The largest absolute Gasteiger partial charge is 0.476 e. The number of rotatable bonds is 9. The standard InChI is InChI=1S/C29H26Cl2N2O6/c1-5-11-38-29(36)22-10-8-7-9-21(22)27(34)33(17-19-12-20(16-32-15-19)28(35)37-4)25-14-26(39-18(3)6-2)24(31)13-23(25)30/h1-2,12-16,18H,7-11,17H2,3-4H3. The Balaban J connectivity index is 2.15. The monoisotopic (exact) mass is 568 g/mol. The third-order valence-electron chi connectivity index (χ3n) is 5.89.